The third kappa shape index (κ3) is 4.06. The minimum Gasteiger partial charge on any atom is -0.356 e. The smallest absolute Gasteiger partial charge is 0.220 e. The highest BCUT2D eigenvalue weighted by molar-refractivity contribution is 5.83. The molecule has 1 rings (SSSR count). The van der Waals surface area contributed by atoms with Gasteiger partial charge in [0.1, 0.15) is 5.78 Å². The highest BCUT2D eigenvalue weighted by Crippen LogP contribution is 2.25. The van der Waals surface area contributed by atoms with Crippen molar-refractivity contribution in [3.05, 3.63) is 0 Å². The third-order valence-corrected chi connectivity index (χ3v) is 2.52. The van der Waals surface area contributed by atoms with Gasteiger partial charge in [-0.2, -0.15) is 0 Å². The number of ketones is 1. The monoisotopic (exact) mass is 183 g/mol. The largest absolute Gasteiger partial charge is 0.356 e. The Morgan fingerprint density at radius 3 is 2.46 bits per heavy atom. The zero-order chi connectivity index (χ0) is 9.68. The lowest BCUT2D eigenvalue weighted by Gasteiger charge is -2.25. The maximum atomic E-state index is 11.1. The van der Waals surface area contributed by atoms with Gasteiger partial charge in [-0.15, -0.1) is 0 Å². The Morgan fingerprint density at radius 1 is 1.31 bits per heavy atom. The van der Waals surface area contributed by atoms with Crippen molar-refractivity contribution in [3.8, 4) is 0 Å². The average Bonchev–Trinajstić information content (AvgIpc) is 1.98. The Kier molecular flexibility index (Phi) is 3.93. The number of Topliss-reactive ketones (excluding diaryl/α,β-unsaturated/α-hetero) is 1. The van der Waals surface area contributed by atoms with E-state index in [2.05, 4.69) is 5.32 Å². The van der Waals surface area contributed by atoms with Crippen molar-refractivity contribution in [2.75, 3.05) is 6.54 Å². The van der Waals surface area contributed by atoms with E-state index >= 15 is 0 Å². The molecule has 3 nitrogen and oxygen atoms in total. The maximum Gasteiger partial charge on any atom is 0.220 e. The summed E-state index contributed by atoms with van der Waals surface area (Å²) in [5.74, 6) is 0.794. The lowest BCUT2D eigenvalue weighted by Crippen LogP contribution is -2.32. The molecule has 0 spiro atoms. The van der Waals surface area contributed by atoms with Crippen LogP contribution in [-0.4, -0.2) is 18.2 Å². The summed E-state index contributed by atoms with van der Waals surface area (Å²) in [6.07, 6.45) is 4.51. The van der Waals surface area contributed by atoms with Gasteiger partial charge in [0, 0.05) is 19.4 Å². The average molecular weight is 183 g/mol. The topological polar surface area (TPSA) is 46.2 Å². The maximum absolute atomic E-state index is 11.1. The van der Waals surface area contributed by atoms with Crippen LogP contribution in [0.4, 0.5) is 0 Å². The Labute approximate surface area is 78.9 Å². The SMILES string of the molecule is CC(=O)CCC(=O)NCC1CCC1. The van der Waals surface area contributed by atoms with E-state index in [4.69, 9.17) is 0 Å². The van der Waals surface area contributed by atoms with Gasteiger partial charge in [-0.1, -0.05) is 6.42 Å². The van der Waals surface area contributed by atoms with Crippen molar-refractivity contribution in [2.45, 2.75) is 39.0 Å². The predicted molar refractivity (Wildman–Crippen MR) is 50.3 cm³/mol. The van der Waals surface area contributed by atoms with Gasteiger partial charge in [0.25, 0.3) is 0 Å². The van der Waals surface area contributed by atoms with E-state index in [1.165, 1.54) is 26.2 Å². The van der Waals surface area contributed by atoms with E-state index in [0.29, 0.717) is 18.8 Å². The van der Waals surface area contributed by atoms with Gasteiger partial charge < -0.3 is 10.1 Å². The Hall–Kier alpha value is -0.860. The molecule has 0 saturated heterocycles. The van der Waals surface area contributed by atoms with Crippen LogP contribution in [0.1, 0.15) is 39.0 Å². The molecular weight excluding hydrogens is 166 g/mol. The molecule has 1 aliphatic carbocycles. The Bertz CT molecular complexity index is 197. The molecule has 0 aromatic heterocycles. The minimum atomic E-state index is 0.0158. The van der Waals surface area contributed by atoms with Gasteiger partial charge in [0.2, 0.25) is 5.91 Å². The number of carbonyl (C=O) groups excluding carboxylic acids is 2. The molecule has 1 amide bonds. The van der Waals surface area contributed by atoms with E-state index < -0.39 is 0 Å². The van der Waals surface area contributed by atoms with Crippen LogP contribution in [0.25, 0.3) is 0 Å². The van der Waals surface area contributed by atoms with Gasteiger partial charge in [-0.3, -0.25) is 4.79 Å². The van der Waals surface area contributed by atoms with E-state index in [1.54, 1.807) is 0 Å². The molecule has 0 heterocycles. The number of carbonyl (C=O) groups is 2. The number of amides is 1. The molecule has 0 aromatic carbocycles. The van der Waals surface area contributed by atoms with Crippen LogP contribution < -0.4 is 5.32 Å². The first-order valence-corrected chi connectivity index (χ1v) is 4.94. The molecule has 0 aliphatic heterocycles. The molecule has 0 unspecified atom stereocenters. The summed E-state index contributed by atoms with van der Waals surface area (Å²) < 4.78 is 0. The second kappa shape index (κ2) is 5.00. The van der Waals surface area contributed by atoms with Crippen LogP contribution in [0.5, 0.6) is 0 Å². The molecule has 1 saturated carbocycles. The standard InChI is InChI=1S/C10H17NO2/c1-8(12)5-6-10(13)11-7-9-3-2-4-9/h9H,2-7H2,1H3,(H,11,13). The number of hydrogen-bond donors (Lipinski definition) is 1. The summed E-state index contributed by atoms with van der Waals surface area (Å²) in [7, 11) is 0. The van der Waals surface area contributed by atoms with Crippen molar-refractivity contribution in [1.29, 1.82) is 0 Å². The predicted octanol–water partition coefficient (Wildman–Crippen LogP) is 1.27. The van der Waals surface area contributed by atoms with Crippen LogP contribution in [0.2, 0.25) is 0 Å². The zero-order valence-electron chi connectivity index (χ0n) is 8.14. The van der Waals surface area contributed by atoms with E-state index in [1.807, 2.05) is 0 Å². The van der Waals surface area contributed by atoms with Gasteiger partial charge in [0.15, 0.2) is 0 Å². The molecule has 0 bridgehead atoms. The van der Waals surface area contributed by atoms with E-state index in [9.17, 15) is 9.59 Å². The summed E-state index contributed by atoms with van der Waals surface area (Å²) in [6.45, 7) is 2.32. The molecule has 1 aliphatic rings. The van der Waals surface area contributed by atoms with Gasteiger partial charge in [0.05, 0.1) is 0 Å². The second-order valence-corrected chi connectivity index (χ2v) is 3.80. The molecule has 1 N–H and O–H groups in total. The van der Waals surface area contributed by atoms with Crippen LogP contribution in [0.3, 0.4) is 0 Å². The quantitative estimate of drug-likeness (QED) is 0.697. The summed E-state index contributed by atoms with van der Waals surface area (Å²) in [4.78, 5) is 21.7. The fourth-order valence-electron chi connectivity index (χ4n) is 1.33. The fourth-order valence-corrected chi connectivity index (χ4v) is 1.33. The van der Waals surface area contributed by atoms with Crippen molar-refractivity contribution in [1.82, 2.24) is 5.32 Å². The Balaban J connectivity index is 2.00. The Morgan fingerprint density at radius 2 is 2.00 bits per heavy atom. The lowest BCUT2D eigenvalue weighted by molar-refractivity contribution is -0.124. The highest BCUT2D eigenvalue weighted by atomic mass is 16.2. The first-order valence-electron chi connectivity index (χ1n) is 4.94. The van der Waals surface area contributed by atoms with Crippen molar-refractivity contribution < 1.29 is 9.59 Å². The highest BCUT2D eigenvalue weighted by Gasteiger charge is 2.17. The van der Waals surface area contributed by atoms with Crippen molar-refractivity contribution >= 4 is 11.7 Å². The zero-order valence-corrected chi connectivity index (χ0v) is 8.14. The summed E-state index contributed by atoms with van der Waals surface area (Å²) >= 11 is 0. The third-order valence-electron chi connectivity index (χ3n) is 2.52. The summed E-state index contributed by atoms with van der Waals surface area (Å²) in [6, 6.07) is 0. The molecule has 0 radical (unpaired) electrons. The van der Waals surface area contributed by atoms with Crippen LogP contribution in [0.15, 0.2) is 0 Å². The van der Waals surface area contributed by atoms with Crippen LogP contribution in [0, 0.1) is 5.92 Å². The van der Waals surface area contributed by atoms with Crippen molar-refractivity contribution in [3.63, 3.8) is 0 Å². The second-order valence-electron chi connectivity index (χ2n) is 3.80. The first-order chi connectivity index (χ1) is 6.18. The summed E-state index contributed by atoms with van der Waals surface area (Å²) in [5.41, 5.74) is 0. The molecular formula is C10H17NO2. The van der Waals surface area contributed by atoms with Crippen molar-refractivity contribution in [2.24, 2.45) is 5.92 Å². The number of nitrogens with one attached hydrogen (secondary N) is 1. The molecule has 13 heavy (non-hydrogen) atoms. The molecule has 1 fully saturated rings. The number of hydrogen-bond acceptors (Lipinski definition) is 2. The fraction of sp³-hybridized carbons (Fsp3) is 0.800. The lowest BCUT2D eigenvalue weighted by atomic mass is 9.85. The van der Waals surface area contributed by atoms with Gasteiger partial charge >= 0.3 is 0 Å². The molecule has 0 atom stereocenters. The molecule has 0 aromatic rings. The van der Waals surface area contributed by atoms with Crippen LogP contribution in [-0.2, 0) is 9.59 Å². The van der Waals surface area contributed by atoms with Gasteiger partial charge in [-0.25, -0.2) is 0 Å². The molecule has 3 heteroatoms. The van der Waals surface area contributed by atoms with E-state index in [0.717, 1.165) is 6.54 Å². The first kappa shape index (κ1) is 10.2. The minimum absolute atomic E-state index is 0.0158. The normalized spacial score (nSPS) is 16.4. The van der Waals surface area contributed by atoms with Gasteiger partial charge in [-0.05, 0) is 25.7 Å². The van der Waals surface area contributed by atoms with Crippen LogP contribution >= 0.6 is 0 Å². The molecule has 74 valence electrons. The van der Waals surface area contributed by atoms with E-state index in [-0.39, 0.29) is 11.7 Å². The summed E-state index contributed by atoms with van der Waals surface area (Å²) in [5, 5.41) is 2.85. The number of rotatable bonds is 5.